The van der Waals surface area contributed by atoms with Crippen LogP contribution in [0.3, 0.4) is 0 Å². The summed E-state index contributed by atoms with van der Waals surface area (Å²) in [6, 6.07) is 9.69. The Bertz CT molecular complexity index is 1120. The van der Waals surface area contributed by atoms with Crippen molar-refractivity contribution in [3.63, 3.8) is 0 Å². The molecule has 5 nitrogen and oxygen atoms in total. The number of nitrogens with zero attached hydrogens (tertiary/aromatic N) is 5. The number of thioether (sulfide) groups is 1. The summed E-state index contributed by atoms with van der Waals surface area (Å²) in [5.74, 6) is 2.79. The van der Waals surface area contributed by atoms with Crippen LogP contribution in [0.4, 0.5) is 13.2 Å². The fourth-order valence-corrected chi connectivity index (χ4v) is 6.20. The van der Waals surface area contributed by atoms with Crippen LogP contribution in [0.15, 0.2) is 53.9 Å². The molecule has 1 aromatic carbocycles. The van der Waals surface area contributed by atoms with Crippen LogP contribution in [0.5, 0.6) is 0 Å². The molecule has 2 aromatic heterocycles. The van der Waals surface area contributed by atoms with Gasteiger partial charge in [0.25, 0.3) is 0 Å². The standard InChI is InChI=1S/C24H26F3N5S/c1-16-20-14-32(15-23(16,20)18-6-8-19(9-7-18)24(25,26)27)11-4-12-33-22-30-29-21(31(22)2)17-5-3-10-28-13-17/h3,5-10,13,16,20H,4,11-12,14-15H2,1-2H3/t16-,20+,23-/m0/s1. The molecular weight excluding hydrogens is 447 g/mol. The molecule has 1 saturated heterocycles. The molecule has 2 aliphatic rings. The van der Waals surface area contributed by atoms with Gasteiger partial charge in [-0.25, -0.2) is 0 Å². The lowest BCUT2D eigenvalue weighted by Gasteiger charge is -2.23. The van der Waals surface area contributed by atoms with Crippen molar-refractivity contribution in [3.05, 3.63) is 59.9 Å². The van der Waals surface area contributed by atoms with Crippen molar-refractivity contribution in [1.29, 1.82) is 0 Å². The smallest absolute Gasteiger partial charge is 0.305 e. The molecule has 2 fully saturated rings. The van der Waals surface area contributed by atoms with E-state index in [2.05, 4.69) is 27.0 Å². The third-order valence-electron chi connectivity index (χ3n) is 7.26. The van der Waals surface area contributed by atoms with Gasteiger partial charge in [0.05, 0.1) is 5.56 Å². The minimum Gasteiger partial charge on any atom is -0.305 e. The average molecular weight is 474 g/mol. The van der Waals surface area contributed by atoms with Crippen molar-refractivity contribution < 1.29 is 13.2 Å². The SMILES string of the molecule is C[C@H]1[C@H]2CN(CCCSc3nnc(-c4cccnc4)n3C)C[C@]21c1ccc(C(F)(F)F)cc1. The Morgan fingerprint density at radius 2 is 1.94 bits per heavy atom. The summed E-state index contributed by atoms with van der Waals surface area (Å²) in [5, 5.41) is 9.50. The van der Waals surface area contributed by atoms with Gasteiger partial charge in [0, 0.05) is 49.3 Å². The molecule has 9 heteroatoms. The van der Waals surface area contributed by atoms with E-state index < -0.39 is 11.7 Å². The molecule has 0 N–H and O–H groups in total. The van der Waals surface area contributed by atoms with Gasteiger partial charge >= 0.3 is 6.18 Å². The van der Waals surface area contributed by atoms with Crippen LogP contribution < -0.4 is 0 Å². The maximum atomic E-state index is 12.9. The maximum absolute atomic E-state index is 12.9. The average Bonchev–Trinajstić information content (AvgIpc) is 3.11. The minimum absolute atomic E-state index is 0.0134. The fraction of sp³-hybridized carbons (Fsp3) is 0.458. The zero-order chi connectivity index (χ0) is 23.2. The molecule has 1 aliphatic heterocycles. The van der Waals surface area contributed by atoms with Gasteiger partial charge in [-0.2, -0.15) is 13.2 Å². The van der Waals surface area contributed by atoms with E-state index in [1.807, 2.05) is 23.7 Å². The molecule has 0 unspecified atom stereocenters. The first-order chi connectivity index (χ1) is 15.8. The molecule has 3 heterocycles. The molecule has 33 heavy (non-hydrogen) atoms. The lowest BCUT2D eigenvalue weighted by atomic mass is 9.92. The van der Waals surface area contributed by atoms with Gasteiger partial charge in [-0.05, 0) is 54.6 Å². The Balaban J connectivity index is 1.14. The summed E-state index contributed by atoms with van der Waals surface area (Å²) in [4.78, 5) is 6.60. The zero-order valence-electron chi connectivity index (χ0n) is 18.6. The molecular formula is C24H26F3N5S. The first-order valence-corrected chi connectivity index (χ1v) is 12.1. The molecule has 0 amide bonds. The van der Waals surface area contributed by atoms with Gasteiger partial charge in [0.2, 0.25) is 0 Å². The number of likely N-dealkylation sites (tertiary alicyclic amines) is 1. The van der Waals surface area contributed by atoms with Gasteiger partial charge in [0.15, 0.2) is 11.0 Å². The third kappa shape index (κ3) is 4.05. The number of fused-ring (bicyclic) bond motifs is 1. The van der Waals surface area contributed by atoms with Crippen LogP contribution in [0.1, 0.15) is 24.5 Å². The van der Waals surface area contributed by atoms with Gasteiger partial charge in [-0.15, -0.1) is 10.2 Å². The van der Waals surface area contributed by atoms with E-state index in [1.54, 1.807) is 36.3 Å². The first kappa shape index (κ1) is 22.4. The Labute approximate surface area is 195 Å². The van der Waals surface area contributed by atoms with Crippen LogP contribution >= 0.6 is 11.8 Å². The van der Waals surface area contributed by atoms with E-state index >= 15 is 0 Å². The summed E-state index contributed by atoms with van der Waals surface area (Å²) in [5.41, 5.74) is 1.43. The number of piperidine rings is 1. The topological polar surface area (TPSA) is 46.8 Å². The van der Waals surface area contributed by atoms with E-state index in [1.165, 1.54) is 12.1 Å². The molecule has 174 valence electrons. The van der Waals surface area contributed by atoms with Crippen LogP contribution in [0.25, 0.3) is 11.4 Å². The number of rotatable bonds is 7. The van der Waals surface area contributed by atoms with Crippen LogP contribution in [-0.2, 0) is 18.6 Å². The lowest BCUT2D eigenvalue weighted by Crippen LogP contribution is -2.30. The van der Waals surface area contributed by atoms with Crippen LogP contribution in [0, 0.1) is 11.8 Å². The molecule has 5 rings (SSSR count). The first-order valence-electron chi connectivity index (χ1n) is 11.1. The van der Waals surface area contributed by atoms with E-state index in [0.717, 1.165) is 53.9 Å². The number of benzene rings is 1. The van der Waals surface area contributed by atoms with E-state index in [9.17, 15) is 13.2 Å². The normalized spacial score (nSPS) is 24.8. The minimum atomic E-state index is -4.29. The Morgan fingerprint density at radius 3 is 2.64 bits per heavy atom. The van der Waals surface area contributed by atoms with Crippen molar-refractivity contribution in [3.8, 4) is 11.4 Å². The Hall–Kier alpha value is -2.39. The van der Waals surface area contributed by atoms with Gasteiger partial charge in [-0.1, -0.05) is 30.8 Å². The monoisotopic (exact) mass is 473 g/mol. The van der Waals surface area contributed by atoms with Gasteiger partial charge in [-0.3, -0.25) is 4.98 Å². The number of alkyl halides is 3. The number of hydrogen-bond donors (Lipinski definition) is 0. The van der Waals surface area contributed by atoms with Crippen molar-refractivity contribution in [2.75, 3.05) is 25.4 Å². The van der Waals surface area contributed by atoms with E-state index in [0.29, 0.717) is 11.8 Å². The number of hydrogen-bond acceptors (Lipinski definition) is 5. The highest BCUT2D eigenvalue weighted by atomic mass is 32.2. The fourth-order valence-electron chi connectivity index (χ4n) is 5.37. The van der Waals surface area contributed by atoms with Crippen molar-refractivity contribution in [1.82, 2.24) is 24.6 Å². The number of halogens is 3. The van der Waals surface area contributed by atoms with Crippen LogP contribution in [0.2, 0.25) is 0 Å². The number of aromatic nitrogens is 4. The largest absolute Gasteiger partial charge is 0.416 e. The van der Waals surface area contributed by atoms with Gasteiger partial charge in [0.1, 0.15) is 0 Å². The van der Waals surface area contributed by atoms with Crippen molar-refractivity contribution in [2.45, 2.75) is 30.1 Å². The summed E-state index contributed by atoms with van der Waals surface area (Å²) in [6.45, 7) is 5.14. The summed E-state index contributed by atoms with van der Waals surface area (Å²) < 4.78 is 40.8. The second-order valence-corrected chi connectivity index (χ2v) is 10.1. The molecule has 1 aliphatic carbocycles. The molecule has 1 saturated carbocycles. The Kier molecular flexibility index (Phi) is 5.73. The maximum Gasteiger partial charge on any atom is 0.416 e. The highest BCUT2D eigenvalue weighted by Gasteiger charge is 2.66. The van der Waals surface area contributed by atoms with Crippen molar-refractivity contribution in [2.24, 2.45) is 18.9 Å². The van der Waals surface area contributed by atoms with Crippen molar-refractivity contribution >= 4 is 11.8 Å². The third-order valence-corrected chi connectivity index (χ3v) is 8.37. The predicted octanol–water partition coefficient (Wildman–Crippen LogP) is 4.90. The quantitative estimate of drug-likeness (QED) is 0.361. The molecule has 3 aromatic rings. The predicted molar refractivity (Wildman–Crippen MR) is 122 cm³/mol. The zero-order valence-corrected chi connectivity index (χ0v) is 19.4. The molecule has 0 spiro atoms. The second kappa shape index (κ2) is 8.43. The Morgan fingerprint density at radius 1 is 1.15 bits per heavy atom. The summed E-state index contributed by atoms with van der Waals surface area (Å²) in [6.07, 6.45) is 0.250. The molecule has 0 radical (unpaired) electrons. The van der Waals surface area contributed by atoms with E-state index in [4.69, 9.17) is 0 Å². The molecule has 3 atom stereocenters. The highest BCUT2D eigenvalue weighted by molar-refractivity contribution is 7.99. The highest BCUT2D eigenvalue weighted by Crippen LogP contribution is 2.63. The van der Waals surface area contributed by atoms with Crippen LogP contribution in [-0.4, -0.2) is 50.0 Å². The van der Waals surface area contributed by atoms with E-state index in [-0.39, 0.29) is 5.41 Å². The summed E-state index contributed by atoms with van der Waals surface area (Å²) in [7, 11) is 1.97. The second-order valence-electron chi connectivity index (χ2n) is 9.05. The number of pyridine rings is 1. The summed E-state index contributed by atoms with van der Waals surface area (Å²) >= 11 is 1.69. The molecule has 0 bridgehead atoms. The lowest BCUT2D eigenvalue weighted by molar-refractivity contribution is -0.137. The van der Waals surface area contributed by atoms with Gasteiger partial charge < -0.3 is 9.47 Å².